The second kappa shape index (κ2) is 6.32. The molecule has 0 radical (unpaired) electrons. The summed E-state index contributed by atoms with van der Waals surface area (Å²) in [6, 6.07) is 7.01. The van der Waals surface area contributed by atoms with Crippen molar-refractivity contribution in [1.29, 1.82) is 0 Å². The van der Waals surface area contributed by atoms with Gasteiger partial charge in [0.25, 0.3) is 0 Å². The van der Waals surface area contributed by atoms with Crippen molar-refractivity contribution in [3.8, 4) is 12.3 Å². The third-order valence-electron chi connectivity index (χ3n) is 1.50. The molecule has 0 heterocycles. The van der Waals surface area contributed by atoms with Gasteiger partial charge in [-0.25, -0.2) is 4.99 Å². The van der Waals surface area contributed by atoms with E-state index in [2.05, 4.69) is 15.9 Å². The van der Waals surface area contributed by atoms with Gasteiger partial charge in [-0.3, -0.25) is 0 Å². The van der Waals surface area contributed by atoms with Crippen molar-refractivity contribution < 1.29 is 12.4 Å². The van der Waals surface area contributed by atoms with Crippen molar-refractivity contribution >= 4 is 17.6 Å². The van der Waals surface area contributed by atoms with Gasteiger partial charge < -0.3 is 29.6 Å². The van der Waals surface area contributed by atoms with Crippen LogP contribution in [0.5, 0.6) is 0 Å². The molecule has 0 aliphatic rings. The van der Waals surface area contributed by atoms with Crippen LogP contribution in [0, 0.1) is 12.3 Å². The second-order valence-electron chi connectivity index (χ2n) is 2.70. The Morgan fingerprint density at radius 2 is 1.94 bits per heavy atom. The Kier molecular flexibility index (Phi) is 5.46. The van der Waals surface area contributed by atoms with Crippen molar-refractivity contribution in [3.05, 3.63) is 29.8 Å². The Labute approximate surface area is 99.9 Å². The summed E-state index contributed by atoms with van der Waals surface area (Å²) in [5.41, 5.74) is 17.0. The van der Waals surface area contributed by atoms with E-state index in [9.17, 15) is 0 Å². The van der Waals surface area contributed by atoms with Gasteiger partial charge in [-0.1, -0.05) is 12.0 Å². The number of nitrogens with zero attached hydrogens (tertiary/aromatic N) is 2. The highest BCUT2D eigenvalue weighted by molar-refractivity contribution is 5.93. The lowest BCUT2D eigenvalue weighted by Crippen LogP contribution is -3.00. The Morgan fingerprint density at radius 1 is 1.25 bits per heavy atom. The van der Waals surface area contributed by atoms with Crippen LogP contribution < -0.4 is 29.6 Å². The summed E-state index contributed by atoms with van der Waals surface area (Å²) in [5, 5.41) is 0. The lowest BCUT2D eigenvalue weighted by atomic mass is 10.2. The van der Waals surface area contributed by atoms with E-state index in [1.54, 1.807) is 24.3 Å². The molecule has 0 amide bonds. The van der Waals surface area contributed by atoms with Crippen LogP contribution in [-0.4, -0.2) is 11.9 Å². The number of nitrogens with two attached hydrogens (primary N) is 3. The highest BCUT2D eigenvalue weighted by Crippen LogP contribution is 2.13. The van der Waals surface area contributed by atoms with Gasteiger partial charge in [0.05, 0.1) is 5.69 Å². The topological polar surface area (TPSA) is 103 Å². The molecule has 1 aromatic carbocycles. The molecule has 0 saturated heterocycles. The number of aliphatic imine (C=N–C) groups is 2. The average molecular weight is 237 g/mol. The molecule has 84 valence electrons. The van der Waals surface area contributed by atoms with E-state index >= 15 is 0 Å². The first kappa shape index (κ1) is 13.8. The second-order valence-corrected chi connectivity index (χ2v) is 2.70. The highest BCUT2D eigenvalue weighted by atomic mass is 35.5. The quantitative estimate of drug-likeness (QED) is 0.273. The molecule has 0 atom stereocenters. The molecular formula is C10H11ClN5-. The predicted molar refractivity (Wildman–Crippen MR) is 61.5 cm³/mol. The first-order valence-corrected chi connectivity index (χ1v) is 4.12. The largest absolute Gasteiger partial charge is 1.00 e. The number of rotatable bonds is 1. The van der Waals surface area contributed by atoms with Gasteiger partial charge in [0, 0.05) is 5.56 Å². The van der Waals surface area contributed by atoms with E-state index in [-0.39, 0.29) is 24.3 Å². The molecule has 6 heteroatoms. The average Bonchev–Trinajstić information content (AvgIpc) is 2.16. The Balaban J connectivity index is 0.00000225. The van der Waals surface area contributed by atoms with Gasteiger partial charge in [0.1, 0.15) is 0 Å². The van der Waals surface area contributed by atoms with Gasteiger partial charge in [-0.05, 0) is 18.2 Å². The van der Waals surface area contributed by atoms with E-state index in [1.165, 1.54) is 0 Å². The maximum atomic E-state index is 5.45. The summed E-state index contributed by atoms with van der Waals surface area (Å²) in [7, 11) is 0. The first-order chi connectivity index (χ1) is 7.11. The smallest absolute Gasteiger partial charge is 0.223 e. The molecule has 0 unspecified atom stereocenters. The van der Waals surface area contributed by atoms with Crippen molar-refractivity contribution in [1.82, 2.24) is 0 Å². The third kappa shape index (κ3) is 4.35. The number of benzene rings is 1. The molecule has 0 spiro atoms. The zero-order valence-corrected chi connectivity index (χ0v) is 9.15. The fourth-order valence-electron chi connectivity index (χ4n) is 0.955. The van der Waals surface area contributed by atoms with E-state index in [0.717, 1.165) is 0 Å². The monoisotopic (exact) mass is 236 g/mol. The van der Waals surface area contributed by atoms with Crippen LogP contribution in [0.2, 0.25) is 0 Å². The minimum absolute atomic E-state index is 0. The summed E-state index contributed by atoms with van der Waals surface area (Å²) in [5.74, 6) is 2.34. The van der Waals surface area contributed by atoms with Gasteiger partial charge in [0.2, 0.25) is 5.96 Å². The van der Waals surface area contributed by atoms with Crippen molar-refractivity contribution in [2.24, 2.45) is 27.2 Å². The Morgan fingerprint density at radius 3 is 2.50 bits per heavy atom. The summed E-state index contributed by atoms with van der Waals surface area (Å²) >= 11 is 0. The SMILES string of the molecule is C#Cc1cccc(N=C(N)N=C(N)N)c1.[Cl-]. The zero-order valence-electron chi connectivity index (χ0n) is 8.39. The molecule has 16 heavy (non-hydrogen) atoms. The number of terminal acetylenes is 1. The zero-order chi connectivity index (χ0) is 11.3. The van der Waals surface area contributed by atoms with Gasteiger partial charge in [0.15, 0.2) is 5.96 Å². The van der Waals surface area contributed by atoms with E-state index in [0.29, 0.717) is 11.3 Å². The lowest BCUT2D eigenvalue weighted by Gasteiger charge is -1.96. The van der Waals surface area contributed by atoms with Gasteiger partial charge in [-0.2, -0.15) is 4.99 Å². The maximum Gasteiger partial charge on any atom is 0.223 e. The number of halogens is 1. The molecule has 6 N–H and O–H groups in total. The first-order valence-electron chi connectivity index (χ1n) is 4.12. The van der Waals surface area contributed by atoms with Crippen molar-refractivity contribution in [3.63, 3.8) is 0 Å². The fourth-order valence-corrected chi connectivity index (χ4v) is 0.955. The molecule has 0 aliphatic heterocycles. The summed E-state index contributed by atoms with van der Waals surface area (Å²) in [6.07, 6.45) is 5.23. The van der Waals surface area contributed by atoms with Crippen LogP contribution in [0.3, 0.4) is 0 Å². The van der Waals surface area contributed by atoms with E-state index in [4.69, 9.17) is 23.6 Å². The molecule has 0 saturated carbocycles. The maximum absolute atomic E-state index is 5.45. The van der Waals surface area contributed by atoms with Crippen molar-refractivity contribution in [2.75, 3.05) is 0 Å². The normalized spacial score (nSPS) is 9.81. The van der Waals surface area contributed by atoms with Crippen molar-refractivity contribution in [2.45, 2.75) is 0 Å². The molecule has 5 nitrogen and oxygen atoms in total. The third-order valence-corrected chi connectivity index (χ3v) is 1.50. The molecule has 1 rings (SSSR count). The Bertz CT molecular complexity index is 455. The standard InChI is InChI=1S/C10H11N5.ClH/c1-2-7-4-3-5-8(6-7)14-10(13)15-9(11)12;/h1,3-6H,(H6,11,12,13,14,15);1H/p-1. The van der Waals surface area contributed by atoms with Crippen LogP contribution >= 0.6 is 0 Å². The van der Waals surface area contributed by atoms with Crippen LogP contribution in [0.15, 0.2) is 34.3 Å². The summed E-state index contributed by atoms with van der Waals surface area (Å²) in [6.45, 7) is 0. The molecule has 0 fully saturated rings. The minimum atomic E-state index is -0.135. The summed E-state index contributed by atoms with van der Waals surface area (Å²) < 4.78 is 0. The van der Waals surface area contributed by atoms with Gasteiger partial charge >= 0.3 is 0 Å². The minimum Gasteiger partial charge on any atom is -1.00 e. The lowest BCUT2D eigenvalue weighted by molar-refractivity contribution is -0.00000363. The van der Waals surface area contributed by atoms with Crippen LogP contribution in [0.25, 0.3) is 0 Å². The predicted octanol–water partition coefficient (Wildman–Crippen LogP) is -3.11. The van der Waals surface area contributed by atoms with Crippen LogP contribution in [0.4, 0.5) is 5.69 Å². The number of guanidine groups is 2. The Hall–Kier alpha value is -2.19. The fraction of sp³-hybridized carbons (Fsp3) is 0. The van der Waals surface area contributed by atoms with Gasteiger partial charge in [-0.15, -0.1) is 6.42 Å². The van der Waals surface area contributed by atoms with E-state index < -0.39 is 0 Å². The van der Waals surface area contributed by atoms with Crippen LogP contribution in [0.1, 0.15) is 5.56 Å². The number of hydrogen-bond acceptors (Lipinski definition) is 1. The number of hydrogen-bond donors (Lipinski definition) is 3. The highest BCUT2D eigenvalue weighted by Gasteiger charge is 1.93. The molecule has 0 aliphatic carbocycles. The van der Waals surface area contributed by atoms with E-state index in [1.807, 2.05) is 0 Å². The molecular weight excluding hydrogens is 226 g/mol. The summed E-state index contributed by atoms with van der Waals surface area (Å²) in [4.78, 5) is 7.54. The molecule has 0 bridgehead atoms. The molecule has 0 aromatic heterocycles. The van der Waals surface area contributed by atoms with Crippen LogP contribution in [-0.2, 0) is 0 Å². The molecule has 1 aromatic rings.